The summed E-state index contributed by atoms with van der Waals surface area (Å²) < 4.78 is 12.4. The average Bonchev–Trinajstić information content (AvgIpc) is 3.19. The van der Waals surface area contributed by atoms with Crippen molar-refractivity contribution in [2.75, 3.05) is 13.2 Å². The fourth-order valence-electron chi connectivity index (χ4n) is 3.76. The fourth-order valence-corrected chi connectivity index (χ4v) is 3.76. The summed E-state index contributed by atoms with van der Waals surface area (Å²) in [6.45, 7) is 5.33. The zero-order valence-electron chi connectivity index (χ0n) is 21.7. The summed E-state index contributed by atoms with van der Waals surface area (Å²) in [7, 11) is 0. The van der Waals surface area contributed by atoms with Crippen LogP contribution in [0.5, 0.6) is 5.88 Å². The van der Waals surface area contributed by atoms with E-state index in [2.05, 4.69) is 0 Å². The molecule has 0 aliphatic heterocycles. The van der Waals surface area contributed by atoms with E-state index in [9.17, 15) is 30.0 Å². The van der Waals surface area contributed by atoms with Gasteiger partial charge in [0.1, 0.15) is 23.3 Å². The lowest BCUT2D eigenvalue weighted by Crippen LogP contribution is -2.21. The number of rotatable bonds is 9. The highest BCUT2D eigenvalue weighted by atomic mass is 16.5. The molecule has 0 spiro atoms. The van der Waals surface area contributed by atoms with Crippen molar-refractivity contribution in [1.82, 2.24) is 9.36 Å². The van der Waals surface area contributed by atoms with Crippen LogP contribution in [0, 0.1) is 22.7 Å². The Bertz CT molecular complexity index is 1580. The van der Waals surface area contributed by atoms with Crippen LogP contribution in [0.3, 0.4) is 0 Å². The number of hydrogen-bond acceptors (Lipinski definition) is 8. The third-order valence-electron chi connectivity index (χ3n) is 5.60. The van der Waals surface area contributed by atoms with Gasteiger partial charge in [0, 0.05) is 0 Å². The molecule has 10 heteroatoms. The van der Waals surface area contributed by atoms with Gasteiger partial charge in [-0.2, -0.15) is 10.5 Å². The molecule has 3 aromatic rings. The second-order valence-electron chi connectivity index (χ2n) is 8.05. The molecule has 0 fully saturated rings. The molecule has 3 rings (SSSR count). The molecule has 0 radical (unpaired) electrons. The zero-order valence-corrected chi connectivity index (χ0v) is 21.7. The van der Waals surface area contributed by atoms with E-state index in [1.807, 2.05) is 12.1 Å². The first-order valence-corrected chi connectivity index (χ1v) is 12.1. The summed E-state index contributed by atoms with van der Waals surface area (Å²) in [5.41, 5.74) is 1.45. The lowest BCUT2D eigenvalue weighted by atomic mass is 10.1. The normalized spacial score (nSPS) is 11.4. The summed E-state index contributed by atoms with van der Waals surface area (Å²) >= 11 is 0. The van der Waals surface area contributed by atoms with Crippen molar-refractivity contribution in [2.45, 2.75) is 27.2 Å². The lowest BCUT2D eigenvalue weighted by molar-refractivity contribution is -0.138. The monoisotopic (exact) mass is 526 g/mol. The fraction of sp³-hybridized carbons (Fsp3) is 0.207. The molecule has 198 valence electrons. The number of nitriles is 2. The molecule has 0 bridgehead atoms. The summed E-state index contributed by atoms with van der Waals surface area (Å²) in [4.78, 5) is 37.1. The molecule has 2 aromatic carbocycles. The van der Waals surface area contributed by atoms with E-state index in [0.717, 1.165) is 0 Å². The summed E-state index contributed by atoms with van der Waals surface area (Å²) in [6.07, 6.45) is 3.06. The molecule has 1 aromatic heterocycles. The molecule has 1 N–H and O–H groups in total. The SMILES string of the molecule is CCOC(=O)C(C#N)=Cc1ccc(-n2c(O)c(CC)c(=O)n2-c2ccc(C=C(C#N)C(=O)OCC)cc2)cc1. The molecule has 0 saturated heterocycles. The predicted molar refractivity (Wildman–Crippen MR) is 143 cm³/mol. The highest BCUT2D eigenvalue weighted by Gasteiger charge is 2.21. The standard InChI is InChI=1S/C29H26N4O6/c1-4-25-26(34)32(23-11-7-19(8-12-23)15-21(17-30)28(36)38-5-2)33(27(25)35)24-13-9-20(10-14-24)16-22(18-31)29(37)39-6-3/h7-16,34H,4-6H2,1-3H3. The maximum absolute atomic E-state index is 13.2. The van der Waals surface area contributed by atoms with E-state index in [-0.39, 0.29) is 42.2 Å². The third-order valence-corrected chi connectivity index (χ3v) is 5.60. The Balaban J connectivity index is 2.05. The number of benzene rings is 2. The van der Waals surface area contributed by atoms with Gasteiger partial charge in [0.25, 0.3) is 5.56 Å². The van der Waals surface area contributed by atoms with E-state index in [0.29, 0.717) is 22.5 Å². The van der Waals surface area contributed by atoms with Crippen LogP contribution in [0.2, 0.25) is 0 Å². The number of aromatic hydroxyl groups is 1. The van der Waals surface area contributed by atoms with E-state index in [1.165, 1.54) is 21.5 Å². The van der Waals surface area contributed by atoms with Crippen LogP contribution in [-0.2, 0) is 25.5 Å². The minimum Gasteiger partial charge on any atom is -0.493 e. The maximum Gasteiger partial charge on any atom is 0.348 e. The van der Waals surface area contributed by atoms with E-state index < -0.39 is 17.5 Å². The Kier molecular flexibility index (Phi) is 9.23. The van der Waals surface area contributed by atoms with Crippen molar-refractivity contribution in [1.29, 1.82) is 10.5 Å². The van der Waals surface area contributed by atoms with Crippen LogP contribution in [0.15, 0.2) is 64.5 Å². The Labute approximate surface area is 224 Å². The van der Waals surface area contributed by atoms with Crippen molar-refractivity contribution < 1.29 is 24.2 Å². The van der Waals surface area contributed by atoms with Crippen molar-refractivity contribution in [3.63, 3.8) is 0 Å². The highest BCUT2D eigenvalue weighted by molar-refractivity contribution is 5.98. The van der Waals surface area contributed by atoms with Crippen molar-refractivity contribution in [2.24, 2.45) is 0 Å². The summed E-state index contributed by atoms with van der Waals surface area (Å²) in [6, 6.07) is 16.7. The Hall–Kier alpha value is -5.35. The van der Waals surface area contributed by atoms with Crippen LogP contribution in [0.25, 0.3) is 23.5 Å². The number of ether oxygens (including phenoxy) is 2. The molecule has 0 amide bonds. The van der Waals surface area contributed by atoms with Gasteiger partial charge in [-0.25, -0.2) is 19.0 Å². The van der Waals surface area contributed by atoms with Gasteiger partial charge in [0.15, 0.2) is 0 Å². The molecule has 0 saturated carbocycles. The number of carbonyl (C=O) groups excluding carboxylic acids is 2. The predicted octanol–water partition coefficient (Wildman–Crippen LogP) is 3.84. The van der Waals surface area contributed by atoms with Gasteiger partial charge >= 0.3 is 11.9 Å². The topological polar surface area (TPSA) is 147 Å². The van der Waals surface area contributed by atoms with Crippen molar-refractivity contribution >= 4 is 24.1 Å². The van der Waals surface area contributed by atoms with Crippen molar-refractivity contribution in [3.8, 4) is 29.4 Å². The maximum atomic E-state index is 13.2. The number of aromatic nitrogens is 2. The van der Waals surface area contributed by atoms with Crippen LogP contribution in [-0.4, -0.2) is 39.6 Å². The molecule has 39 heavy (non-hydrogen) atoms. The first-order chi connectivity index (χ1) is 18.8. The highest BCUT2D eigenvalue weighted by Crippen LogP contribution is 2.25. The summed E-state index contributed by atoms with van der Waals surface area (Å²) in [5, 5.41) is 29.5. The largest absolute Gasteiger partial charge is 0.493 e. The first kappa shape index (κ1) is 28.2. The lowest BCUT2D eigenvalue weighted by Gasteiger charge is -2.13. The quantitative estimate of drug-likeness (QED) is 0.251. The molecule has 0 atom stereocenters. The van der Waals surface area contributed by atoms with Gasteiger partial charge in [-0.1, -0.05) is 31.2 Å². The number of carbonyl (C=O) groups is 2. The Morgan fingerprint density at radius 1 is 0.795 bits per heavy atom. The van der Waals surface area contributed by atoms with Gasteiger partial charge in [0.2, 0.25) is 5.88 Å². The number of nitrogens with zero attached hydrogens (tertiary/aromatic N) is 4. The van der Waals surface area contributed by atoms with Gasteiger partial charge in [-0.15, -0.1) is 0 Å². The second-order valence-corrected chi connectivity index (χ2v) is 8.05. The summed E-state index contributed by atoms with van der Waals surface area (Å²) in [5.74, 6) is -1.68. The Morgan fingerprint density at radius 3 is 1.56 bits per heavy atom. The molecule has 1 heterocycles. The third kappa shape index (κ3) is 6.14. The molecule has 0 unspecified atom stereocenters. The number of hydrogen-bond donors (Lipinski definition) is 1. The Morgan fingerprint density at radius 2 is 1.21 bits per heavy atom. The smallest absolute Gasteiger partial charge is 0.348 e. The molecular weight excluding hydrogens is 500 g/mol. The second kappa shape index (κ2) is 12.7. The minimum absolute atomic E-state index is 0.141. The minimum atomic E-state index is -0.728. The van der Waals surface area contributed by atoms with E-state index in [4.69, 9.17) is 9.47 Å². The van der Waals surface area contributed by atoms with E-state index >= 15 is 0 Å². The van der Waals surface area contributed by atoms with Gasteiger partial charge in [-0.3, -0.25) is 4.79 Å². The van der Waals surface area contributed by atoms with Gasteiger partial charge in [0.05, 0.1) is 30.2 Å². The number of esters is 2. The zero-order chi connectivity index (χ0) is 28.5. The van der Waals surface area contributed by atoms with Crippen LogP contribution < -0.4 is 5.56 Å². The molecule has 0 aliphatic carbocycles. The van der Waals surface area contributed by atoms with Crippen LogP contribution in [0.1, 0.15) is 37.5 Å². The van der Waals surface area contributed by atoms with Crippen molar-refractivity contribution in [3.05, 3.63) is 86.7 Å². The molecule has 0 aliphatic rings. The van der Waals surface area contributed by atoms with Crippen LogP contribution >= 0.6 is 0 Å². The molecule has 10 nitrogen and oxygen atoms in total. The van der Waals surface area contributed by atoms with Gasteiger partial charge in [-0.05, 0) is 67.8 Å². The van der Waals surface area contributed by atoms with Crippen LogP contribution in [0.4, 0.5) is 0 Å². The average molecular weight is 527 g/mol. The van der Waals surface area contributed by atoms with Gasteiger partial charge < -0.3 is 14.6 Å². The molecular formula is C29H26N4O6. The van der Waals surface area contributed by atoms with E-state index in [1.54, 1.807) is 69.3 Å². The first-order valence-electron chi connectivity index (χ1n) is 12.1.